The maximum absolute atomic E-state index is 13.2. The molecule has 1 aromatic heterocycles. The van der Waals surface area contributed by atoms with Gasteiger partial charge in [-0.1, -0.05) is 41.9 Å². The maximum atomic E-state index is 13.2. The van der Waals surface area contributed by atoms with Crippen molar-refractivity contribution >= 4 is 23.5 Å². The van der Waals surface area contributed by atoms with Gasteiger partial charge in [-0.2, -0.15) is 0 Å². The highest BCUT2D eigenvalue weighted by Crippen LogP contribution is 2.30. The van der Waals surface area contributed by atoms with Crippen LogP contribution in [0.2, 0.25) is 5.02 Å². The molecule has 30 heavy (non-hydrogen) atoms. The van der Waals surface area contributed by atoms with Crippen molar-refractivity contribution < 1.29 is 9.18 Å². The van der Waals surface area contributed by atoms with Crippen molar-refractivity contribution in [3.63, 3.8) is 0 Å². The molecule has 5 nitrogen and oxygen atoms in total. The Morgan fingerprint density at radius 2 is 1.93 bits per heavy atom. The molecule has 4 rings (SSSR count). The Morgan fingerprint density at radius 3 is 2.70 bits per heavy atom. The van der Waals surface area contributed by atoms with Crippen LogP contribution in [-0.2, 0) is 4.79 Å². The van der Waals surface area contributed by atoms with Crippen LogP contribution in [0.15, 0.2) is 54.7 Å². The smallest absolute Gasteiger partial charge is 0.223 e. The van der Waals surface area contributed by atoms with Gasteiger partial charge in [0, 0.05) is 31.6 Å². The van der Waals surface area contributed by atoms with Crippen molar-refractivity contribution in [1.29, 1.82) is 0 Å². The van der Waals surface area contributed by atoms with Crippen LogP contribution in [0.25, 0.3) is 22.4 Å². The molecule has 7 heteroatoms. The number of nitrogens with zero attached hydrogens (tertiary/aromatic N) is 3. The SMILES string of the molecule is CC(=O)N1CCC[C@H](Nc2ncc(Cl)c(-c3cccc(-c4ccc(F)cc4)c3)n2)C1. The first kappa shape index (κ1) is 20.3. The fourth-order valence-electron chi connectivity index (χ4n) is 3.69. The largest absolute Gasteiger partial charge is 0.350 e. The summed E-state index contributed by atoms with van der Waals surface area (Å²) in [6.45, 7) is 3.01. The number of nitrogens with one attached hydrogen (secondary N) is 1. The summed E-state index contributed by atoms with van der Waals surface area (Å²) in [6, 6.07) is 14.3. The fraction of sp³-hybridized carbons (Fsp3) is 0.261. The van der Waals surface area contributed by atoms with E-state index in [1.165, 1.54) is 12.1 Å². The lowest BCUT2D eigenvalue weighted by Gasteiger charge is -2.32. The lowest BCUT2D eigenvalue weighted by Crippen LogP contribution is -2.44. The minimum absolute atomic E-state index is 0.0804. The Kier molecular flexibility index (Phi) is 5.95. The zero-order valence-electron chi connectivity index (χ0n) is 16.6. The number of piperidine rings is 1. The number of likely N-dealkylation sites (tertiary alicyclic amines) is 1. The van der Waals surface area contributed by atoms with Gasteiger partial charge in [-0.05, 0) is 42.2 Å². The predicted octanol–water partition coefficient (Wildman–Crippen LogP) is 5.03. The molecule has 1 aliphatic rings. The number of hydrogen-bond donors (Lipinski definition) is 1. The summed E-state index contributed by atoms with van der Waals surface area (Å²) in [4.78, 5) is 22.5. The third-order valence-corrected chi connectivity index (χ3v) is 5.53. The van der Waals surface area contributed by atoms with Crippen molar-refractivity contribution in [3.8, 4) is 22.4 Å². The Balaban J connectivity index is 1.58. The Bertz CT molecular complexity index is 1060. The number of anilines is 1. The van der Waals surface area contributed by atoms with Crippen molar-refractivity contribution in [2.24, 2.45) is 0 Å². The van der Waals surface area contributed by atoms with Gasteiger partial charge >= 0.3 is 0 Å². The summed E-state index contributed by atoms with van der Waals surface area (Å²) >= 11 is 6.40. The van der Waals surface area contributed by atoms with Gasteiger partial charge in [0.1, 0.15) is 5.82 Å². The van der Waals surface area contributed by atoms with E-state index in [1.807, 2.05) is 29.2 Å². The van der Waals surface area contributed by atoms with Crippen LogP contribution in [0, 0.1) is 5.82 Å². The second-order valence-corrected chi connectivity index (χ2v) is 7.83. The highest BCUT2D eigenvalue weighted by molar-refractivity contribution is 6.32. The molecule has 0 radical (unpaired) electrons. The first-order valence-corrected chi connectivity index (χ1v) is 10.3. The quantitative estimate of drug-likeness (QED) is 0.638. The van der Waals surface area contributed by atoms with E-state index >= 15 is 0 Å². The molecule has 2 heterocycles. The first-order valence-electron chi connectivity index (χ1n) is 9.90. The number of halogens is 2. The van der Waals surface area contributed by atoms with Gasteiger partial charge in [0.2, 0.25) is 11.9 Å². The summed E-state index contributed by atoms with van der Waals surface area (Å²) in [5.41, 5.74) is 3.33. The minimum Gasteiger partial charge on any atom is -0.350 e. The van der Waals surface area contributed by atoms with Gasteiger partial charge in [0.25, 0.3) is 0 Å². The molecule has 0 unspecified atom stereocenters. The van der Waals surface area contributed by atoms with Crippen molar-refractivity contribution in [3.05, 3.63) is 65.6 Å². The molecule has 1 saturated heterocycles. The Labute approximate surface area is 179 Å². The minimum atomic E-state index is -0.268. The summed E-state index contributed by atoms with van der Waals surface area (Å²) in [5, 5.41) is 3.79. The average molecular weight is 425 g/mol. The summed E-state index contributed by atoms with van der Waals surface area (Å²) in [5.74, 6) is 0.296. The van der Waals surface area contributed by atoms with Crippen LogP contribution in [0.4, 0.5) is 10.3 Å². The van der Waals surface area contributed by atoms with Gasteiger partial charge in [-0.3, -0.25) is 4.79 Å². The molecule has 0 aliphatic carbocycles. The van der Waals surface area contributed by atoms with Gasteiger partial charge in [0.05, 0.1) is 16.9 Å². The molecule has 1 aliphatic heterocycles. The molecule has 1 fully saturated rings. The molecular weight excluding hydrogens is 403 g/mol. The average Bonchev–Trinajstić information content (AvgIpc) is 2.76. The monoisotopic (exact) mass is 424 g/mol. The second-order valence-electron chi connectivity index (χ2n) is 7.43. The normalized spacial score (nSPS) is 16.4. The third kappa shape index (κ3) is 4.60. The second kappa shape index (κ2) is 8.79. The molecule has 3 aromatic rings. The molecule has 2 aromatic carbocycles. The topological polar surface area (TPSA) is 58.1 Å². The van der Waals surface area contributed by atoms with Crippen LogP contribution in [0.5, 0.6) is 0 Å². The zero-order chi connectivity index (χ0) is 21.1. The summed E-state index contributed by atoms with van der Waals surface area (Å²) in [6.07, 6.45) is 3.48. The number of benzene rings is 2. The molecule has 1 amide bonds. The van der Waals surface area contributed by atoms with Gasteiger partial charge in [0.15, 0.2) is 0 Å². The van der Waals surface area contributed by atoms with E-state index in [0.717, 1.165) is 36.1 Å². The molecule has 0 saturated carbocycles. The highest BCUT2D eigenvalue weighted by Gasteiger charge is 2.22. The van der Waals surface area contributed by atoms with Crippen LogP contribution < -0.4 is 5.32 Å². The molecule has 1 N–H and O–H groups in total. The Morgan fingerprint density at radius 1 is 1.17 bits per heavy atom. The van der Waals surface area contributed by atoms with Gasteiger partial charge in [-0.15, -0.1) is 0 Å². The van der Waals surface area contributed by atoms with E-state index in [9.17, 15) is 9.18 Å². The number of carbonyl (C=O) groups is 1. The number of hydrogen-bond acceptors (Lipinski definition) is 4. The fourth-order valence-corrected chi connectivity index (χ4v) is 3.89. The number of carbonyl (C=O) groups excluding carboxylic acids is 1. The van der Waals surface area contributed by atoms with E-state index in [0.29, 0.717) is 23.2 Å². The number of aromatic nitrogens is 2. The summed E-state index contributed by atoms with van der Waals surface area (Å²) in [7, 11) is 0. The van der Waals surface area contributed by atoms with Crippen molar-refractivity contribution in [2.75, 3.05) is 18.4 Å². The molecule has 0 bridgehead atoms. The third-order valence-electron chi connectivity index (χ3n) is 5.26. The molecule has 1 atom stereocenters. The molecule has 0 spiro atoms. The Hall–Kier alpha value is -2.99. The predicted molar refractivity (Wildman–Crippen MR) is 117 cm³/mol. The van der Waals surface area contributed by atoms with Crippen LogP contribution in [0.3, 0.4) is 0 Å². The lowest BCUT2D eigenvalue weighted by molar-refractivity contribution is -0.129. The van der Waals surface area contributed by atoms with Crippen LogP contribution in [-0.4, -0.2) is 39.9 Å². The van der Waals surface area contributed by atoms with Crippen LogP contribution >= 0.6 is 11.6 Å². The first-order chi connectivity index (χ1) is 14.5. The van der Waals surface area contributed by atoms with Crippen molar-refractivity contribution in [1.82, 2.24) is 14.9 Å². The summed E-state index contributed by atoms with van der Waals surface area (Å²) < 4.78 is 13.2. The van der Waals surface area contributed by atoms with E-state index < -0.39 is 0 Å². The van der Waals surface area contributed by atoms with E-state index in [1.54, 1.807) is 25.3 Å². The maximum Gasteiger partial charge on any atom is 0.223 e. The molecular formula is C23H22ClFN4O. The van der Waals surface area contributed by atoms with Crippen LogP contribution in [0.1, 0.15) is 19.8 Å². The zero-order valence-corrected chi connectivity index (χ0v) is 17.4. The van der Waals surface area contributed by atoms with Gasteiger partial charge in [-0.25, -0.2) is 14.4 Å². The molecule has 154 valence electrons. The number of rotatable bonds is 4. The van der Waals surface area contributed by atoms with Crippen molar-refractivity contribution in [2.45, 2.75) is 25.8 Å². The van der Waals surface area contributed by atoms with E-state index in [-0.39, 0.29) is 17.8 Å². The number of amides is 1. The lowest BCUT2D eigenvalue weighted by atomic mass is 10.0. The highest BCUT2D eigenvalue weighted by atomic mass is 35.5. The van der Waals surface area contributed by atoms with E-state index in [4.69, 9.17) is 11.6 Å². The van der Waals surface area contributed by atoms with E-state index in [2.05, 4.69) is 15.3 Å². The standard InChI is InChI=1S/C23H22ClFN4O/c1-15(30)29-11-3-6-20(14-29)27-23-26-13-21(24)22(28-23)18-5-2-4-17(12-18)16-7-9-19(25)10-8-16/h2,4-5,7-10,12-13,20H,3,6,11,14H2,1H3,(H,26,27,28)/t20-/m0/s1. The van der Waals surface area contributed by atoms with Gasteiger partial charge < -0.3 is 10.2 Å².